The van der Waals surface area contributed by atoms with E-state index < -0.39 is 29.0 Å². The lowest BCUT2D eigenvalue weighted by molar-refractivity contribution is -0.141. The lowest BCUT2D eigenvalue weighted by Crippen LogP contribution is -2.55. The number of urea groups is 1. The second-order valence-corrected chi connectivity index (χ2v) is 7.09. The smallest absolute Gasteiger partial charge is 0.326 e. The standard InChI is InChI=1S/C13H21N3O3S/c1-12(2,3)8(9(17)18)15-11(19)16-13(4,5)10-14-6-7-20-10/h6-8H,1-5H3,(H,17,18)(H2,15,16,19)/t8-/m1/s1. The van der Waals surface area contributed by atoms with Crippen molar-refractivity contribution in [1.82, 2.24) is 15.6 Å². The average Bonchev–Trinajstić information content (AvgIpc) is 2.77. The van der Waals surface area contributed by atoms with Gasteiger partial charge < -0.3 is 15.7 Å². The van der Waals surface area contributed by atoms with Gasteiger partial charge in [-0.25, -0.2) is 14.6 Å². The first-order valence-corrected chi connectivity index (χ1v) is 7.13. The number of carboxylic acid groups (broad SMARTS) is 1. The highest BCUT2D eigenvalue weighted by Crippen LogP contribution is 2.23. The SMILES string of the molecule is CC(C)(NC(=O)N[C@H](C(=O)O)C(C)(C)C)c1nccs1. The molecule has 1 rings (SSSR count). The highest BCUT2D eigenvalue weighted by Gasteiger charge is 2.34. The van der Waals surface area contributed by atoms with Crippen LogP contribution in [0.2, 0.25) is 0 Å². The van der Waals surface area contributed by atoms with E-state index >= 15 is 0 Å². The van der Waals surface area contributed by atoms with Crippen LogP contribution in [0.5, 0.6) is 0 Å². The van der Waals surface area contributed by atoms with Gasteiger partial charge in [0.2, 0.25) is 0 Å². The van der Waals surface area contributed by atoms with Crippen LogP contribution in [0.25, 0.3) is 0 Å². The largest absolute Gasteiger partial charge is 0.480 e. The van der Waals surface area contributed by atoms with Crippen molar-refractivity contribution in [1.29, 1.82) is 0 Å². The van der Waals surface area contributed by atoms with Gasteiger partial charge in [0.25, 0.3) is 0 Å². The van der Waals surface area contributed by atoms with Gasteiger partial charge in [-0.3, -0.25) is 0 Å². The van der Waals surface area contributed by atoms with Crippen LogP contribution >= 0.6 is 11.3 Å². The van der Waals surface area contributed by atoms with E-state index in [2.05, 4.69) is 15.6 Å². The fourth-order valence-corrected chi connectivity index (χ4v) is 2.40. The summed E-state index contributed by atoms with van der Waals surface area (Å²) in [5.74, 6) is -1.06. The normalized spacial score (nSPS) is 13.7. The molecule has 0 aliphatic carbocycles. The number of carbonyl (C=O) groups is 2. The van der Waals surface area contributed by atoms with Gasteiger partial charge in [-0.05, 0) is 19.3 Å². The molecule has 0 unspecified atom stereocenters. The van der Waals surface area contributed by atoms with Crippen molar-refractivity contribution in [2.24, 2.45) is 5.41 Å². The van der Waals surface area contributed by atoms with E-state index in [0.29, 0.717) is 0 Å². The van der Waals surface area contributed by atoms with Crippen LogP contribution in [0.4, 0.5) is 4.79 Å². The van der Waals surface area contributed by atoms with Crippen molar-refractivity contribution in [3.63, 3.8) is 0 Å². The number of rotatable bonds is 4. The molecule has 7 heteroatoms. The van der Waals surface area contributed by atoms with Crippen molar-refractivity contribution in [3.8, 4) is 0 Å². The Morgan fingerprint density at radius 1 is 1.30 bits per heavy atom. The Hall–Kier alpha value is -1.63. The molecule has 0 aliphatic rings. The molecule has 0 aromatic carbocycles. The third kappa shape index (κ3) is 4.19. The first-order chi connectivity index (χ1) is 9.04. The summed E-state index contributed by atoms with van der Waals surface area (Å²) in [5.41, 5.74) is -1.23. The zero-order valence-corrected chi connectivity index (χ0v) is 13.2. The number of aromatic nitrogens is 1. The van der Waals surface area contributed by atoms with E-state index in [-0.39, 0.29) is 0 Å². The number of nitrogens with zero attached hydrogens (tertiary/aromatic N) is 1. The number of carbonyl (C=O) groups excluding carboxylic acids is 1. The Labute approximate surface area is 122 Å². The minimum Gasteiger partial charge on any atom is -0.480 e. The third-order valence-electron chi connectivity index (χ3n) is 2.78. The van der Waals surface area contributed by atoms with Gasteiger partial charge in [-0.2, -0.15) is 0 Å². The lowest BCUT2D eigenvalue weighted by atomic mass is 9.87. The lowest BCUT2D eigenvalue weighted by Gasteiger charge is -2.30. The maximum atomic E-state index is 12.0. The first-order valence-electron chi connectivity index (χ1n) is 6.25. The zero-order valence-electron chi connectivity index (χ0n) is 12.4. The molecule has 3 N–H and O–H groups in total. The van der Waals surface area contributed by atoms with Gasteiger partial charge in [0.05, 0.1) is 5.54 Å². The van der Waals surface area contributed by atoms with Crippen LogP contribution in [0, 0.1) is 5.41 Å². The fourth-order valence-electron chi connectivity index (χ4n) is 1.69. The van der Waals surface area contributed by atoms with Crippen LogP contribution in [-0.4, -0.2) is 28.1 Å². The van der Waals surface area contributed by atoms with Crippen molar-refractivity contribution < 1.29 is 14.7 Å². The maximum absolute atomic E-state index is 12.0. The number of thiazole rings is 1. The van der Waals surface area contributed by atoms with Crippen LogP contribution in [0.15, 0.2) is 11.6 Å². The molecule has 0 saturated heterocycles. The summed E-state index contributed by atoms with van der Waals surface area (Å²) in [6.45, 7) is 8.92. The van der Waals surface area contributed by atoms with Crippen molar-refractivity contribution in [2.45, 2.75) is 46.2 Å². The van der Waals surface area contributed by atoms with Crippen LogP contribution in [0.3, 0.4) is 0 Å². The van der Waals surface area contributed by atoms with E-state index in [9.17, 15) is 14.7 Å². The molecule has 1 heterocycles. The molecule has 6 nitrogen and oxygen atoms in total. The molecule has 0 bridgehead atoms. The number of nitrogens with one attached hydrogen (secondary N) is 2. The van der Waals surface area contributed by atoms with Gasteiger partial charge in [-0.1, -0.05) is 20.8 Å². The van der Waals surface area contributed by atoms with Crippen LogP contribution in [-0.2, 0) is 10.3 Å². The number of aliphatic carboxylic acids is 1. The third-order valence-corrected chi connectivity index (χ3v) is 3.88. The summed E-state index contributed by atoms with van der Waals surface area (Å²) in [6.07, 6.45) is 1.66. The number of amides is 2. The predicted molar refractivity (Wildman–Crippen MR) is 77.7 cm³/mol. The van der Waals surface area contributed by atoms with Gasteiger partial charge in [-0.15, -0.1) is 11.3 Å². The molecule has 2 amide bonds. The molecular weight excluding hydrogens is 278 g/mol. The Bertz CT molecular complexity index is 478. The summed E-state index contributed by atoms with van der Waals surface area (Å²) in [6, 6.07) is -1.48. The van der Waals surface area contributed by atoms with E-state index in [0.717, 1.165) is 5.01 Å². The van der Waals surface area contributed by atoms with E-state index in [4.69, 9.17) is 0 Å². The number of hydrogen-bond donors (Lipinski definition) is 3. The summed E-state index contributed by atoms with van der Waals surface area (Å²) in [7, 11) is 0. The maximum Gasteiger partial charge on any atom is 0.326 e. The molecule has 1 aromatic rings. The van der Waals surface area contributed by atoms with Crippen LogP contribution in [0.1, 0.15) is 39.6 Å². The summed E-state index contributed by atoms with van der Waals surface area (Å²) >= 11 is 1.43. The Balaban J connectivity index is 2.74. The van der Waals surface area contributed by atoms with Gasteiger partial charge in [0, 0.05) is 11.6 Å². The topological polar surface area (TPSA) is 91.3 Å². The molecule has 0 aliphatic heterocycles. The Morgan fingerprint density at radius 2 is 1.90 bits per heavy atom. The van der Waals surface area contributed by atoms with Crippen LogP contribution < -0.4 is 10.6 Å². The summed E-state index contributed by atoms with van der Waals surface area (Å²) < 4.78 is 0. The molecule has 20 heavy (non-hydrogen) atoms. The van der Waals surface area contributed by atoms with E-state index in [1.165, 1.54) is 11.3 Å². The molecule has 0 fully saturated rings. The van der Waals surface area contributed by atoms with Gasteiger partial charge in [0.15, 0.2) is 0 Å². The first kappa shape index (κ1) is 16.4. The van der Waals surface area contributed by atoms with Gasteiger partial charge >= 0.3 is 12.0 Å². The predicted octanol–water partition coefficient (Wildman–Crippen LogP) is 2.18. The minimum atomic E-state index is -1.06. The molecule has 0 spiro atoms. The molecular formula is C13H21N3O3S. The average molecular weight is 299 g/mol. The molecule has 1 atom stereocenters. The minimum absolute atomic E-state index is 0.521. The summed E-state index contributed by atoms with van der Waals surface area (Å²) in [5, 5.41) is 17.0. The molecule has 112 valence electrons. The van der Waals surface area contributed by atoms with E-state index in [1.807, 2.05) is 19.2 Å². The highest BCUT2D eigenvalue weighted by molar-refractivity contribution is 7.09. The van der Waals surface area contributed by atoms with Crippen molar-refractivity contribution in [2.75, 3.05) is 0 Å². The Morgan fingerprint density at radius 3 is 2.30 bits per heavy atom. The molecule has 0 radical (unpaired) electrons. The highest BCUT2D eigenvalue weighted by atomic mass is 32.1. The quantitative estimate of drug-likeness (QED) is 0.794. The second-order valence-electron chi connectivity index (χ2n) is 6.20. The summed E-state index contributed by atoms with van der Waals surface area (Å²) in [4.78, 5) is 27.4. The number of hydrogen-bond acceptors (Lipinski definition) is 4. The van der Waals surface area contributed by atoms with E-state index in [1.54, 1.807) is 27.0 Å². The zero-order chi connectivity index (χ0) is 15.6. The number of carboxylic acids is 1. The van der Waals surface area contributed by atoms with Gasteiger partial charge in [0.1, 0.15) is 11.0 Å². The molecule has 1 aromatic heterocycles. The second kappa shape index (κ2) is 5.78. The monoisotopic (exact) mass is 299 g/mol. The molecule has 0 saturated carbocycles. The fraction of sp³-hybridized carbons (Fsp3) is 0.615. The van der Waals surface area contributed by atoms with Crippen molar-refractivity contribution >= 4 is 23.3 Å². The van der Waals surface area contributed by atoms with Crippen molar-refractivity contribution in [3.05, 3.63) is 16.6 Å². The Kier molecular flexibility index (Phi) is 4.75.